The number of hydrogen-bond acceptors (Lipinski definition) is 3. The van der Waals surface area contributed by atoms with Gasteiger partial charge in [0.1, 0.15) is 0 Å². The van der Waals surface area contributed by atoms with E-state index in [2.05, 4.69) is 37.9 Å². The lowest BCUT2D eigenvalue weighted by Gasteiger charge is -2.43. The molecule has 1 fully saturated rings. The van der Waals surface area contributed by atoms with Gasteiger partial charge in [-0.05, 0) is 45.2 Å². The summed E-state index contributed by atoms with van der Waals surface area (Å²) in [5, 5.41) is 3.72. The molecule has 3 unspecified atom stereocenters. The molecular formula is C17H36N2O. The number of ether oxygens (including phenoxy) is 1. The van der Waals surface area contributed by atoms with Gasteiger partial charge in [-0.15, -0.1) is 0 Å². The van der Waals surface area contributed by atoms with Crippen LogP contribution in [0.1, 0.15) is 59.8 Å². The second kappa shape index (κ2) is 10.6. The fraction of sp³-hybridized carbons (Fsp3) is 1.00. The molecule has 0 amide bonds. The average molecular weight is 284 g/mol. The van der Waals surface area contributed by atoms with Gasteiger partial charge >= 0.3 is 0 Å². The van der Waals surface area contributed by atoms with Crippen LogP contribution in [-0.2, 0) is 4.74 Å². The maximum absolute atomic E-state index is 5.56. The first kappa shape index (κ1) is 17.9. The van der Waals surface area contributed by atoms with Crippen LogP contribution in [0.25, 0.3) is 0 Å². The highest BCUT2D eigenvalue weighted by atomic mass is 16.5. The first-order valence-electron chi connectivity index (χ1n) is 8.81. The average Bonchev–Trinajstić information content (AvgIpc) is 2.46. The zero-order valence-electron chi connectivity index (χ0n) is 14.2. The third kappa shape index (κ3) is 5.71. The van der Waals surface area contributed by atoms with Gasteiger partial charge < -0.3 is 10.1 Å². The van der Waals surface area contributed by atoms with Gasteiger partial charge in [-0.1, -0.05) is 33.6 Å². The van der Waals surface area contributed by atoms with Gasteiger partial charge in [-0.2, -0.15) is 0 Å². The second-order valence-corrected chi connectivity index (χ2v) is 6.02. The molecule has 0 heterocycles. The van der Waals surface area contributed by atoms with Gasteiger partial charge in [0.05, 0.1) is 6.61 Å². The number of nitrogens with zero attached hydrogens (tertiary/aromatic N) is 1. The molecule has 1 aliphatic rings. The molecule has 0 aromatic rings. The monoisotopic (exact) mass is 284 g/mol. The van der Waals surface area contributed by atoms with E-state index in [4.69, 9.17) is 4.74 Å². The molecule has 0 aliphatic heterocycles. The summed E-state index contributed by atoms with van der Waals surface area (Å²) in [4.78, 5) is 2.64. The summed E-state index contributed by atoms with van der Waals surface area (Å²) in [5.41, 5.74) is 0. The lowest BCUT2D eigenvalue weighted by Crippen LogP contribution is -2.54. The summed E-state index contributed by atoms with van der Waals surface area (Å²) >= 11 is 0. The van der Waals surface area contributed by atoms with Crippen LogP contribution in [0.5, 0.6) is 0 Å². The summed E-state index contributed by atoms with van der Waals surface area (Å²) < 4.78 is 5.56. The van der Waals surface area contributed by atoms with Gasteiger partial charge in [-0.3, -0.25) is 4.90 Å². The predicted octanol–water partition coefficient (Wildman–Crippen LogP) is 3.29. The molecule has 3 heteroatoms. The fourth-order valence-corrected chi connectivity index (χ4v) is 3.69. The van der Waals surface area contributed by atoms with Crippen LogP contribution < -0.4 is 5.32 Å². The third-order valence-corrected chi connectivity index (χ3v) is 4.69. The number of rotatable bonds is 10. The van der Waals surface area contributed by atoms with Crippen LogP contribution in [0.2, 0.25) is 0 Å². The van der Waals surface area contributed by atoms with Crippen molar-refractivity contribution in [2.45, 2.75) is 71.9 Å². The van der Waals surface area contributed by atoms with Crippen molar-refractivity contribution in [3.05, 3.63) is 0 Å². The van der Waals surface area contributed by atoms with Crippen molar-refractivity contribution >= 4 is 0 Å². The van der Waals surface area contributed by atoms with Crippen LogP contribution in [-0.4, -0.2) is 49.8 Å². The summed E-state index contributed by atoms with van der Waals surface area (Å²) in [5.74, 6) is 0.932. The van der Waals surface area contributed by atoms with E-state index < -0.39 is 0 Å². The molecule has 0 saturated heterocycles. The van der Waals surface area contributed by atoms with Crippen molar-refractivity contribution in [3.63, 3.8) is 0 Å². The zero-order chi connectivity index (χ0) is 14.8. The Morgan fingerprint density at radius 1 is 1.15 bits per heavy atom. The third-order valence-electron chi connectivity index (χ3n) is 4.69. The van der Waals surface area contributed by atoms with Crippen LogP contribution in [0.15, 0.2) is 0 Å². The SMILES string of the molecule is CCCC1CCC(NCC)C(N(CC)CCOCC)C1. The molecule has 120 valence electrons. The molecule has 0 spiro atoms. The van der Waals surface area contributed by atoms with Crippen molar-refractivity contribution in [1.82, 2.24) is 10.2 Å². The highest BCUT2D eigenvalue weighted by molar-refractivity contribution is 4.90. The highest BCUT2D eigenvalue weighted by Crippen LogP contribution is 2.31. The van der Waals surface area contributed by atoms with Crippen molar-refractivity contribution in [2.75, 3.05) is 32.8 Å². The van der Waals surface area contributed by atoms with E-state index in [1.807, 2.05) is 0 Å². The molecule has 0 radical (unpaired) electrons. The van der Waals surface area contributed by atoms with Crippen LogP contribution in [0.4, 0.5) is 0 Å². The van der Waals surface area contributed by atoms with E-state index in [1.54, 1.807) is 0 Å². The Bertz CT molecular complexity index is 235. The van der Waals surface area contributed by atoms with Crippen molar-refractivity contribution in [3.8, 4) is 0 Å². The van der Waals surface area contributed by atoms with Gasteiger partial charge in [0.2, 0.25) is 0 Å². The van der Waals surface area contributed by atoms with Crippen molar-refractivity contribution < 1.29 is 4.74 Å². The Labute approximate surface area is 126 Å². The topological polar surface area (TPSA) is 24.5 Å². The molecule has 3 atom stereocenters. The van der Waals surface area contributed by atoms with E-state index in [-0.39, 0.29) is 0 Å². The normalized spacial score (nSPS) is 27.1. The largest absolute Gasteiger partial charge is 0.380 e. The lowest BCUT2D eigenvalue weighted by atomic mass is 9.79. The maximum Gasteiger partial charge on any atom is 0.0593 e. The first-order valence-corrected chi connectivity index (χ1v) is 8.81. The number of hydrogen-bond donors (Lipinski definition) is 1. The molecule has 0 bridgehead atoms. The zero-order valence-corrected chi connectivity index (χ0v) is 14.2. The lowest BCUT2D eigenvalue weighted by molar-refractivity contribution is 0.0591. The molecule has 20 heavy (non-hydrogen) atoms. The van der Waals surface area contributed by atoms with Crippen LogP contribution >= 0.6 is 0 Å². The number of nitrogens with one attached hydrogen (secondary N) is 1. The van der Waals surface area contributed by atoms with E-state index in [0.717, 1.165) is 38.8 Å². The summed E-state index contributed by atoms with van der Waals surface area (Å²) in [6, 6.07) is 1.38. The fourth-order valence-electron chi connectivity index (χ4n) is 3.69. The highest BCUT2D eigenvalue weighted by Gasteiger charge is 2.32. The Morgan fingerprint density at radius 2 is 1.95 bits per heavy atom. The molecule has 0 aromatic heterocycles. The second-order valence-electron chi connectivity index (χ2n) is 6.02. The standard InChI is InChI=1S/C17H36N2O/c1-5-9-15-10-11-16(18-6-2)17(14-15)19(7-3)12-13-20-8-4/h15-18H,5-14H2,1-4H3. The molecule has 1 N–H and O–H groups in total. The first-order chi connectivity index (χ1) is 9.76. The molecule has 0 aromatic carbocycles. The van der Waals surface area contributed by atoms with E-state index in [1.165, 1.54) is 32.1 Å². The molecular weight excluding hydrogens is 248 g/mol. The quantitative estimate of drug-likeness (QED) is 0.623. The van der Waals surface area contributed by atoms with Crippen LogP contribution in [0.3, 0.4) is 0 Å². The smallest absolute Gasteiger partial charge is 0.0593 e. The van der Waals surface area contributed by atoms with E-state index in [0.29, 0.717) is 12.1 Å². The maximum atomic E-state index is 5.56. The Morgan fingerprint density at radius 3 is 2.55 bits per heavy atom. The van der Waals surface area contributed by atoms with Crippen molar-refractivity contribution in [2.24, 2.45) is 5.92 Å². The van der Waals surface area contributed by atoms with Gasteiger partial charge in [0.25, 0.3) is 0 Å². The Hall–Kier alpha value is -0.120. The predicted molar refractivity (Wildman–Crippen MR) is 87.2 cm³/mol. The molecule has 1 saturated carbocycles. The minimum Gasteiger partial charge on any atom is -0.380 e. The summed E-state index contributed by atoms with van der Waals surface area (Å²) in [6.07, 6.45) is 6.84. The Kier molecular flexibility index (Phi) is 9.49. The summed E-state index contributed by atoms with van der Waals surface area (Å²) in [6.45, 7) is 13.9. The minimum absolute atomic E-state index is 0.676. The van der Waals surface area contributed by atoms with Gasteiger partial charge in [-0.25, -0.2) is 0 Å². The molecule has 1 rings (SSSR count). The van der Waals surface area contributed by atoms with Crippen molar-refractivity contribution in [1.29, 1.82) is 0 Å². The molecule has 1 aliphatic carbocycles. The van der Waals surface area contributed by atoms with Crippen LogP contribution in [0, 0.1) is 5.92 Å². The van der Waals surface area contributed by atoms with E-state index in [9.17, 15) is 0 Å². The summed E-state index contributed by atoms with van der Waals surface area (Å²) in [7, 11) is 0. The van der Waals surface area contributed by atoms with Gasteiger partial charge in [0.15, 0.2) is 0 Å². The molecule has 3 nitrogen and oxygen atoms in total. The van der Waals surface area contributed by atoms with E-state index >= 15 is 0 Å². The number of likely N-dealkylation sites (N-methyl/N-ethyl adjacent to an activating group) is 2. The Balaban J connectivity index is 2.59. The minimum atomic E-state index is 0.676. The van der Waals surface area contributed by atoms with Gasteiger partial charge in [0, 0.05) is 25.2 Å².